The molecule has 0 atom stereocenters. The third-order valence-electron chi connectivity index (χ3n) is 2.53. The van der Waals surface area contributed by atoms with E-state index in [1.807, 2.05) is 0 Å². The van der Waals surface area contributed by atoms with Gasteiger partial charge in [-0.1, -0.05) is 6.07 Å². The molecule has 0 spiro atoms. The summed E-state index contributed by atoms with van der Waals surface area (Å²) >= 11 is 1.23. The van der Waals surface area contributed by atoms with Gasteiger partial charge in [-0.05, 0) is 30.0 Å². The van der Waals surface area contributed by atoms with Crippen LogP contribution in [0.5, 0.6) is 0 Å². The second-order valence-corrected chi connectivity index (χ2v) is 7.22. The van der Waals surface area contributed by atoms with E-state index in [1.165, 1.54) is 31.9 Å². The van der Waals surface area contributed by atoms with Crippen LogP contribution in [0.15, 0.2) is 51.6 Å². The van der Waals surface area contributed by atoms with E-state index in [0.717, 1.165) is 4.31 Å². The van der Waals surface area contributed by atoms with Crippen molar-refractivity contribution in [1.29, 1.82) is 0 Å². The summed E-state index contributed by atoms with van der Waals surface area (Å²) in [4.78, 5) is 8.85. The van der Waals surface area contributed by atoms with Crippen molar-refractivity contribution in [3.8, 4) is 0 Å². The largest absolute Gasteiger partial charge is 0.397 e. The van der Waals surface area contributed by atoms with E-state index in [4.69, 9.17) is 5.73 Å². The molecule has 2 rings (SSSR count). The van der Waals surface area contributed by atoms with E-state index in [0.29, 0.717) is 10.1 Å². The average molecular weight is 310 g/mol. The number of nitrogen functional groups attached to an aromatic ring is 1. The second kappa shape index (κ2) is 5.78. The fourth-order valence-electron chi connectivity index (χ4n) is 1.47. The molecule has 20 heavy (non-hydrogen) atoms. The van der Waals surface area contributed by atoms with Crippen LogP contribution in [-0.4, -0.2) is 36.8 Å². The number of anilines is 1. The van der Waals surface area contributed by atoms with Crippen LogP contribution < -0.4 is 5.73 Å². The molecule has 0 aliphatic carbocycles. The summed E-state index contributed by atoms with van der Waals surface area (Å²) in [5, 5.41) is 0.513. The first-order chi connectivity index (χ1) is 9.43. The standard InChI is InChI=1S/C12H14N4O2S2/c1-16(2)20(17,18)10-6-3-5-9(11(10)13)19-12-14-7-4-8-15-12/h3-8H,13H2,1-2H3. The first-order valence-electron chi connectivity index (χ1n) is 5.69. The minimum Gasteiger partial charge on any atom is -0.397 e. The van der Waals surface area contributed by atoms with Gasteiger partial charge in [0.15, 0.2) is 5.16 Å². The highest BCUT2D eigenvalue weighted by atomic mass is 32.2. The van der Waals surface area contributed by atoms with Gasteiger partial charge in [0.25, 0.3) is 0 Å². The van der Waals surface area contributed by atoms with Crippen LogP contribution in [0.4, 0.5) is 5.69 Å². The molecule has 1 heterocycles. The molecule has 1 aromatic heterocycles. The van der Waals surface area contributed by atoms with Crippen molar-refractivity contribution in [2.24, 2.45) is 0 Å². The fourth-order valence-corrected chi connectivity index (χ4v) is 3.36. The summed E-state index contributed by atoms with van der Waals surface area (Å²) in [6.07, 6.45) is 3.23. The number of para-hydroxylation sites is 1. The molecule has 106 valence electrons. The molecule has 2 aromatic rings. The van der Waals surface area contributed by atoms with E-state index in [-0.39, 0.29) is 10.6 Å². The Hall–Kier alpha value is -1.64. The van der Waals surface area contributed by atoms with E-state index < -0.39 is 10.0 Å². The van der Waals surface area contributed by atoms with Gasteiger partial charge in [-0.3, -0.25) is 0 Å². The normalized spacial score (nSPS) is 11.8. The molecule has 0 amide bonds. The number of sulfonamides is 1. The van der Waals surface area contributed by atoms with Gasteiger partial charge >= 0.3 is 0 Å². The summed E-state index contributed by atoms with van der Waals surface area (Å²) in [6.45, 7) is 0. The molecular formula is C12H14N4O2S2. The molecule has 0 fully saturated rings. The zero-order valence-corrected chi connectivity index (χ0v) is 12.6. The number of nitrogens with two attached hydrogens (primary N) is 1. The van der Waals surface area contributed by atoms with Gasteiger partial charge in [0.2, 0.25) is 10.0 Å². The summed E-state index contributed by atoms with van der Waals surface area (Å²) < 4.78 is 25.5. The van der Waals surface area contributed by atoms with Gasteiger partial charge in [-0.25, -0.2) is 22.7 Å². The Kier molecular flexibility index (Phi) is 4.26. The first kappa shape index (κ1) is 14.8. The lowest BCUT2D eigenvalue weighted by Gasteiger charge is -2.14. The Labute approximate surface area is 122 Å². The molecule has 0 aliphatic rings. The lowest BCUT2D eigenvalue weighted by molar-refractivity contribution is 0.521. The minimum absolute atomic E-state index is 0.0865. The van der Waals surface area contributed by atoms with Gasteiger partial charge in [0, 0.05) is 31.4 Å². The molecule has 0 unspecified atom stereocenters. The van der Waals surface area contributed by atoms with Crippen molar-refractivity contribution in [1.82, 2.24) is 14.3 Å². The highest BCUT2D eigenvalue weighted by Crippen LogP contribution is 2.34. The van der Waals surface area contributed by atoms with Crippen molar-refractivity contribution in [2.75, 3.05) is 19.8 Å². The van der Waals surface area contributed by atoms with Crippen molar-refractivity contribution in [2.45, 2.75) is 14.9 Å². The first-order valence-corrected chi connectivity index (χ1v) is 7.94. The number of hydrogen-bond acceptors (Lipinski definition) is 6. The Bertz CT molecular complexity index is 703. The summed E-state index contributed by atoms with van der Waals surface area (Å²) in [6, 6.07) is 6.59. The zero-order chi connectivity index (χ0) is 14.8. The predicted octanol–water partition coefficient (Wildman–Crippen LogP) is 1.46. The molecule has 8 heteroatoms. The van der Waals surface area contributed by atoms with E-state index in [9.17, 15) is 8.42 Å². The van der Waals surface area contributed by atoms with Crippen LogP contribution in [0.1, 0.15) is 0 Å². The minimum atomic E-state index is -3.57. The highest BCUT2D eigenvalue weighted by Gasteiger charge is 2.22. The lowest BCUT2D eigenvalue weighted by atomic mass is 10.3. The van der Waals surface area contributed by atoms with E-state index in [1.54, 1.807) is 30.6 Å². The maximum atomic E-state index is 12.2. The number of hydrogen-bond donors (Lipinski definition) is 1. The number of rotatable bonds is 4. The predicted molar refractivity (Wildman–Crippen MR) is 77.9 cm³/mol. The van der Waals surface area contributed by atoms with Crippen molar-refractivity contribution in [3.63, 3.8) is 0 Å². The molecule has 0 saturated carbocycles. The van der Waals surface area contributed by atoms with Crippen LogP contribution >= 0.6 is 11.8 Å². The Balaban J connectivity index is 2.43. The summed E-state index contributed by atoms with van der Waals surface area (Å²) in [7, 11) is -0.634. The summed E-state index contributed by atoms with van der Waals surface area (Å²) in [5.41, 5.74) is 6.18. The maximum Gasteiger partial charge on any atom is 0.244 e. The molecular weight excluding hydrogens is 296 g/mol. The monoisotopic (exact) mass is 310 g/mol. The van der Waals surface area contributed by atoms with Crippen LogP contribution in [-0.2, 0) is 10.0 Å². The topological polar surface area (TPSA) is 89.2 Å². The van der Waals surface area contributed by atoms with Crippen molar-refractivity contribution < 1.29 is 8.42 Å². The van der Waals surface area contributed by atoms with Gasteiger partial charge in [-0.2, -0.15) is 0 Å². The molecule has 1 aromatic carbocycles. The molecule has 0 aliphatic heterocycles. The zero-order valence-electron chi connectivity index (χ0n) is 11.0. The summed E-state index contributed by atoms with van der Waals surface area (Å²) in [5.74, 6) is 0. The SMILES string of the molecule is CN(C)S(=O)(=O)c1cccc(Sc2ncccn2)c1N. The molecule has 0 bridgehead atoms. The van der Waals surface area contributed by atoms with Crippen LogP contribution in [0.2, 0.25) is 0 Å². The molecule has 0 saturated heterocycles. The van der Waals surface area contributed by atoms with Gasteiger partial charge < -0.3 is 5.73 Å². The number of benzene rings is 1. The Morgan fingerprint density at radius 1 is 1.15 bits per heavy atom. The molecule has 6 nitrogen and oxygen atoms in total. The van der Waals surface area contributed by atoms with Crippen LogP contribution in [0.3, 0.4) is 0 Å². The Morgan fingerprint density at radius 3 is 2.40 bits per heavy atom. The van der Waals surface area contributed by atoms with Gasteiger partial charge in [-0.15, -0.1) is 0 Å². The number of nitrogens with zero attached hydrogens (tertiary/aromatic N) is 3. The molecule has 2 N–H and O–H groups in total. The number of aromatic nitrogens is 2. The highest BCUT2D eigenvalue weighted by molar-refractivity contribution is 7.99. The lowest BCUT2D eigenvalue weighted by Crippen LogP contribution is -2.23. The molecule has 0 radical (unpaired) electrons. The third-order valence-corrected chi connectivity index (χ3v) is 5.37. The quantitative estimate of drug-likeness (QED) is 0.679. The van der Waals surface area contributed by atoms with Crippen LogP contribution in [0.25, 0.3) is 0 Å². The van der Waals surface area contributed by atoms with Crippen LogP contribution in [0, 0.1) is 0 Å². The maximum absolute atomic E-state index is 12.2. The fraction of sp³-hybridized carbons (Fsp3) is 0.167. The Morgan fingerprint density at radius 2 is 1.80 bits per heavy atom. The van der Waals surface area contributed by atoms with Gasteiger partial charge in [0.1, 0.15) is 4.90 Å². The van der Waals surface area contributed by atoms with E-state index >= 15 is 0 Å². The van der Waals surface area contributed by atoms with Gasteiger partial charge in [0.05, 0.1) is 5.69 Å². The van der Waals surface area contributed by atoms with Crippen molar-refractivity contribution in [3.05, 3.63) is 36.7 Å². The smallest absolute Gasteiger partial charge is 0.244 e. The van der Waals surface area contributed by atoms with E-state index in [2.05, 4.69) is 9.97 Å². The third kappa shape index (κ3) is 2.92. The second-order valence-electron chi connectivity index (χ2n) is 4.09. The average Bonchev–Trinajstić information content (AvgIpc) is 2.42. The van der Waals surface area contributed by atoms with Crippen molar-refractivity contribution >= 4 is 27.5 Å².